The summed E-state index contributed by atoms with van der Waals surface area (Å²) in [5, 5.41) is 1.14. The van der Waals surface area contributed by atoms with E-state index in [1.54, 1.807) is 19.0 Å². The maximum absolute atomic E-state index is 12.0. The third-order valence-electron chi connectivity index (χ3n) is 4.89. The molecule has 0 spiro atoms. The topological polar surface area (TPSA) is 46.3 Å². The minimum absolute atomic E-state index is 0.00318. The van der Waals surface area contributed by atoms with E-state index >= 15 is 0 Å². The Morgan fingerprint density at radius 2 is 1.84 bits per heavy atom. The standard InChI is InChI=1S/C20H22Cl2N2O/c1-24(2)20(25)10-12-3-5-15-14(6-8-19(23)16(15)9-12)13-4-7-17(21)18(22)11-13/h3-5,7,9,11,14,19H,6,8,10,23H2,1-2H3/t14-,19?/m0/s1. The lowest BCUT2D eigenvalue weighted by atomic mass is 9.76. The van der Waals surface area contributed by atoms with Gasteiger partial charge in [0.1, 0.15) is 0 Å². The molecule has 0 saturated carbocycles. The zero-order valence-electron chi connectivity index (χ0n) is 14.4. The van der Waals surface area contributed by atoms with Crippen LogP contribution in [-0.2, 0) is 11.2 Å². The summed E-state index contributed by atoms with van der Waals surface area (Å²) >= 11 is 12.3. The summed E-state index contributed by atoms with van der Waals surface area (Å²) in [5.41, 5.74) is 10.9. The molecule has 0 saturated heterocycles. The van der Waals surface area contributed by atoms with E-state index in [9.17, 15) is 4.79 Å². The van der Waals surface area contributed by atoms with Gasteiger partial charge in [-0.1, -0.05) is 47.5 Å². The van der Waals surface area contributed by atoms with Crippen LogP contribution in [0.25, 0.3) is 0 Å². The molecule has 1 aliphatic rings. The first-order chi connectivity index (χ1) is 11.9. The van der Waals surface area contributed by atoms with Crippen molar-refractivity contribution in [2.24, 2.45) is 5.73 Å². The number of nitrogens with two attached hydrogens (primary N) is 1. The van der Waals surface area contributed by atoms with Gasteiger partial charge in [0.25, 0.3) is 0 Å². The summed E-state index contributed by atoms with van der Waals surface area (Å²) < 4.78 is 0. The summed E-state index contributed by atoms with van der Waals surface area (Å²) in [6.07, 6.45) is 2.27. The number of halogens is 2. The molecule has 1 amide bonds. The molecular formula is C20H22Cl2N2O. The second kappa shape index (κ2) is 7.36. The number of fused-ring (bicyclic) bond motifs is 1. The third kappa shape index (κ3) is 3.84. The molecule has 2 aromatic rings. The first kappa shape index (κ1) is 18.2. The second-order valence-corrected chi connectivity index (χ2v) is 7.65. The molecule has 0 aromatic heterocycles. The maximum Gasteiger partial charge on any atom is 0.226 e. The van der Waals surface area contributed by atoms with Gasteiger partial charge in [-0.3, -0.25) is 4.79 Å². The molecular weight excluding hydrogens is 355 g/mol. The lowest BCUT2D eigenvalue weighted by molar-refractivity contribution is -0.127. The Morgan fingerprint density at radius 3 is 2.52 bits per heavy atom. The van der Waals surface area contributed by atoms with Crippen LogP contribution in [0.2, 0.25) is 10.0 Å². The average molecular weight is 377 g/mol. The van der Waals surface area contributed by atoms with Crippen molar-refractivity contribution in [3.63, 3.8) is 0 Å². The van der Waals surface area contributed by atoms with Crippen LogP contribution in [0.3, 0.4) is 0 Å². The van der Waals surface area contributed by atoms with E-state index in [1.807, 2.05) is 24.3 Å². The lowest BCUT2D eigenvalue weighted by Gasteiger charge is -2.30. The van der Waals surface area contributed by atoms with Gasteiger partial charge in [0, 0.05) is 26.1 Å². The fourth-order valence-corrected chi connectivity index (χ4v) is 3.74. The van der Waals surface area contributed by atoms with Crippen LogP contribution in [0, 0.1) is 0 Å². The molecule has 2 N–H and O–H groups in total. The molecule has 0 radical (unpaired) electrons. The molecule has 5 heteroatoms. The van der Waals surface area contributed by atoms with Crippen LogP contribution in [-0.4, -0.2) is 24.9 Å². The monoisotopic (exact) mass is 376 g/mol. The zero-order valence-corrected chi connectivity index (χ0v) is 15.9. The van der Waals surface area contributed by atoms with Gasteiger partial charge in [0.2, 0.25) is 5.91 Å². The highest BCUT2D eigenvalue weighted by molar-refractivity contribution is 6.42. The molecule has 2 atom stereocenters. The van der Waals surface area contributed by atoms with E-state index in [2.05, 4.69) is 12.1 Å². The smallest absolute Gasteiger partial charge is 0.226 e. The molecule has 2 aromatic carbocycles. The van der Waals surface area contributed by atoms with E-state index in [0.717, 1.165) is 29.5 Å². The van der Waals surface area contributed by atoms with Crippen LogP contribution in [0.1, 0.15) is 47.1 Å². The number of benzene rings is 2. The third-order valence-corrected chi connectivity index (χ3v) is 5.63. The number of hydrogen-bond donors (Lipinski definition) is 1. The van der Waals surface area contributed by atoms with Gasteiger partial charge in [0.05, 0.1) is 16.5 Å². The van der Waals surface area contributed by atoms with Crippen LogP contribution in [0.4, 0.5) is 0 Å². The van der Waals surface area contributed by atoms with Gasteiger partial charge in [-0.15, -0.1) is 0 Å². The Morgan fingerprint density at radius 1 is 1.08 bits per heavy atom. The van der Waals surface area contributed by atoms with Crippen LogP contribution in [0.5, 0.6) is 0 Å². The van der Waals surface area contributed by atoms with Gasteiger partial charge < -0.3 is 10.6 Å². The number of nitrogens with zero attached hydrogens (tertiary/aromatic N) is 1. The van der Waals surface area contributed by atoms with Crippen LogP contribution >= 0.6 is 23.2 Å². The van der Waals surface area contributed by atoms with Gasteiger partial charge in [-0.05, 0) is 47.2 Å². The number of carbonyl (C=O) groups is 1. The molecule has 132 valence electrons. The summed E-state index contributed by atoms with van der Waals surface area (Å²) in [4.78, 5) is 13.6. The van der Waals surface area contributed by atoms with E-state index in [0.29, 0.717) is 16.5 Å². The fourth-order valence-electron chi connectivity index (χ4n) is 3.44. The Hall–Kier alpha value is -1.55. The molecule has 1 unspecified atom stereocenters. The number of rotatable bonds is 3. The van der Waals surface area contributed by atoms with Crippen LogP contribution < -0.4 is 5.73 Å². The van der Waals surface area contributed by atoms with E-state index in [1.165, 1.54) is 5.56 Å². The highest BCUT2D eigenvalue weighted by atomic mass is 35.5. The summed E-state index contributed by atoms with van der Waals surface area (Å²) in [5.74, 6) is 0.341. The average Bonchev–Trinajstić information content (AvgIpc) is 2.58. The van der Waals surface area contributed by atoms with E-state index < -0.39 is 0 Å². The number of likely N-dealkylation sites (N-methyl/N-ethyl adjacent to an activating group) is 1. The lowest BCUT2D eigenvalue weighted by Crippen LogP contribution is -2.24. The molecule has 0 aliphatic heterocycles. The quantitative estimate of drug-likeness (QED) is 0.853. The minimum atomic E-state index is 0.00318. The SMILES string of the molecule is CN(C)C(=O)Cc1ccc2c(c1)C(N)CC[C@H]2c1ccc(Cl)c(Cl)c1. The fraction of sp³-hybridized carbons (Fsp3) is 0.350. The number of amides is 1. The van der Waals surface area contributed by atoms with Crippen molar-refractivity contribution in [1.29, 1.82) is 0 Å². The van der Waals surface area contributed by atoms with Gasteiger partial charge in [-0.2, -0.15) is 0 Å². The molecule has 3 nitrogen and oxygen atoms in total. The normalized spacial score (nSPS) is 19.4. The Labute approximate surface area is 158 Å². The molecule has 0 fully saturated rings. The molecule has 1 aliphatic carbocycles. The van der Waals surface area contributed by atoms with Crippen molar-refractivity contribution < 1.29 is 4.79 Å². The Kier molecular flexibility index (Phi) is 5.38. The van der Waals surface area contributed by atoms with Gasteiger partial charge in [-0.25, -0.2) is 0 Å². The maximum atomic E-state index is 12.0. The van der Waals surface area contributed by atoms with Gasteiger partial charge in [0.15, 0.2) is 0 Å². The first-order valence-corrected chi connectivity index (χ1v) is 9.16. The predicted octanol–water partition coefficient (Wildman–Crippen LogP) is 4.55. The highest BCUT2D eigenvalue weighted by Gasteiger charge is 2.27. The second-order valence-electron chi connectivity index (χ2n) is 6.84. The van der Waals surface area contributed by atoms with E-state index in [4.69, 9.17) is 28.9 Å². The van der Waals surface area contributed by atoms with Crippen molar-refractivity contribution >= 4 is 29.1 Å². The first-order valence-electron chi connectivity index (χ1n) is 8.40. The van der Waals surface area contributed by atoms with Crippen LogP contribution in [0.15, 0.2) is 36.4 Å². The number of carbonyl (C=O) groups excluding carboxylic acids is 1. The molecule has 0 bridgehead atoms. The molecule has 25 heavy (non-hydrogen) atoms. The highest BCUT2D eigenvalue weighted by Crippen LogP contribution is 2.42. The minimum Gasteiger partial charge on any atom is -0.349 e. The van der Waals surface area contributed by atoms with Crippen molar-refractivity contribution in [3.8, 4) is 0 Å². The van der Waals surface area contributed by atoms with Crippen molar-refractivity contribution in [2.75, 3.05) is 14.1 Å². The zero-order chi connectivity index (χ0) is 18.1. The number of hydrogen-bond acceptors (Lipinski definition) is 2. The molecule has 0 heterocycles. The van der Waals surface area contributed by atoms with Crippen molar-refractivity contribution in [1.82, 2.24) is 4.90 Å². The molecule has 3 rings (SSSR count). The van der Waals surface area contributed by atoms with Crippen molar-refractivity contribution in [3.05, 3.63) is 68.7 Å². The Bertz CT molecular complexity index is 804. The van der Waals surface area contributed by atoms with Crippen molar-refractivity contribution in [2.45, 2.75) is 31.2 Å². The summed E-state index contributed by atoms with van der Waals surface area (Å²) in [6, 6.07) is 12.1. The van der Waals surface area contributed by atoms with Gasteiger partial charge >= 0.3 is 0 Å². The van der Waals surface area contributed by atoms with E-state index in [-0.39, 0.29) is 17.9 Å². The summed E-state index contributed by atoms with van der Waals surface area (Å²) in [7, 11) is 3.54. The summed E-state index contributed by atoms with van der Waals surface area (Å²) in [6.45, 7) is 0. The Balaban J connectivity index is 1.96. The largest absolute Gasteiger partial charge is 0.349 e. The predicted molar refractivity (Wildman–Crippen MR) is 103 cm³/mol.